The minimum atomic E-state index is -1.92. The van der Waals surface area contributed by atoms with E-state index in [1.165, 1.54) is 0 Å². The van der Waals surface area contributed by atoms with E-state index in [9.17, 15) is 5.11 Å². The maximum absolute atomic E-state index is 10.1. The topological polar surface area (TPSA) is 66.4 Å². The summed E-state index contributed by atoms with van der Waals surface area (Å²) in [5.41, 5.74) is 0. The van der Waals surface area contributed by atoms with Gasteiger partial charge in [0.2, 0.25) is 0 Å². The Labute approximate surface area is 176 Å². The summed E-state index contributed by atoms with van der Waals surface area (Å²) < 4.78 is 32.4. The lowest BCUT2D eigenvalue weighted by Gasteiger charge is -2.51. The van der Waals surface area contributed by atoms with Gasteiger partial charge >= 0.3 is 0 Å². The normalized spacial score (nSPS) is 30.5. The number of aliphatic hydroxyl groups is 1. The second-order valence-corrected chi connectivity index (χ2v) is 29.4. The molecule has 1 aliphatic heterocycles. The van der Waals surface area contributed by atoms with E-state index in [2.05, 4.69) is 78.6 Å². The molecule has 10 heteroatoms. The Hall–Kier alpha value is 0.628. The van der Waals surface area contributed by atoms with E-state index in [0.717, 1.165) is 0 Å². The first kappa shape index (κ1) is 26.7. The molecule has 28 heavy (non-hydrogen) atoms. The van der Waals surface area contributed by atoms with Crippen LogP contribution < -0.4 is 0 Å². The van der Waals surface area contributed by atoms with E-state index in [4.69, 9.17) is 22.4 Å². The third-order valence-electron chi connectivity index (χ3n) is 3.71. The molecular formula is C18H44O6Si4. The number of hydrogen-bond acceptors (Lipinski definition) is 6. The molecule has 1 N–H and O–H groups in total. The van der Waals surface area contributed by atoms with Crippen molar-refractivity contribution in [3.8, 4) is 0 Å². The van der Waals surface area contributed by atoms with Crippen molar-refractivity contribution in [2.45, 2.75) is 109 Å². The summed E-state index contributed by atoms with van der Waals surface area (Å²) in [6.45, 7) is 25.7. The molecule has 0 saturated carbocycles. The molecular weight excluding hydrogens is 425 g/mol. The zero-order valence-corrected chi connectivity index (χ0v) is 24.1. The summed E-state index contributed by atoms with van der Waals surface area (Å²) in [5.74, 6) is 0. The predicted octanol–water partition coefficient (Wildman–Crippen LogP) is 4.22. The standard InChI is InChI=1S/C18H44O6Si4/c1-25(2,3)21-15-14(13-19)20-18(24-28(10,11)12)17(23-27(7,8)9)16(15)22-26(4,5)6/h14-19H,13H2,1-12H3/t14-,15-,16+,17-,18+/m1/s1. The highest BCUT2D eigenvalue weighted by Gasteiger charge is 2.52. The van der Waals surface area contributed by atoms with Crippen molar-refractivity contribution in [2.24, 2.45) is 0 Å². The zero-order chi connectivity index (χ0) is 22.1. The minimum Gasteiger partial charge on any atom is -0.409 e. The summed E-state index contributed by atoms with van der Waals surface area (Å²) in [5, 5.41) is 10.1. The SMILES string of the molecule is C[Si](C)(C)O[C@@H]1O[C@H](CO)[C@@H](O[Si](C)(C)C)[C@H](O[Si](C)(C)C)[C@H]1O[Si](C)(C)C. The minimum absolute atomic E-state index is 0.133. The molecule has 0 aromatic carbocycles. The lowest BCUT2D eigenvalue weighted by molar-refractivity contribution is -0.269. The first-order valence-electron chi connectivity index (χ1n) is 10.3. The lowest BCUT2D eigenvalue weighted by Crippen LogP contribution is -2.67. The molecule has 1 aliphatic rings. The fourth-order valence-corrected chi connectivity index (χ4v) is 7.23. The van der Waals surface area contributed by atoms with Gasteiger partial charge in [-0.05, 0) is 78.6 Å². The fraction of sp³-hybridized carbons (Fsp3) is 1.00. The van der Waals surface area contributed by atoms with Crippen molar-refractivity contribution >= 4 is 33.3 Å². The van der Waals surface area contributed by atoms with E-state index in [1.807, 2.05) is 0 Å². The number of hydrogen-bond donors (Lipinski definition) is 1. The highest BCUT2D eigenvalue weighted by atomic mass is 28.4. The van der Waals surface area contributed by atoms with Crippen LogP contribution in [0.4, 0.5) is 0 Å². The molecule has 5 atom stereocenters. The second kappa shape index (κ2) is 9.41. The van der Waals surface area contributed by atoms with Gasteiger partial charge in [-0.2, -0.15) is 0 Å². The smallest absolute Gasteiger partial charge is 0.187 e. The Morgan fingerprint density at radius 1 is 0.571 bits per heavy atom. The van der Waals surface area contributed by atoms with Crippen LogP contribution in [0, 0.1) is 0 Å². The van der Waals surface area contributed by atoms with Gasteiger partial charge in [0, 0.05) is 0 Å². The molecule has 0 unspecified atom stereocenters. The third-order valence-corrected chi connectivity index (χ3v) is 7.59. The van der Waals surface area contributed by atoms with Crippen LogP contribution in [-0.4, -0.2) is 75.7 Å². The average molecular weight is 469 g/mol. The van der Waals surface area contributed by atoms with Crippen LogP contribution in [0.25, 0.3) is 0 Å². The van der Waals surface area contributed by atoms with E-state index < -0.39 is 45.7 Å². The van der Waals surface area contributed by atoms with Gasteiger partial charge in [0.05, 0.1) is 6.61 Å². The van der Waals surface area contributed by atoms with E-state index >= 15 is 0 Å². The predicted molar refractivity (Wildman–Crippen MR) is 125 cm³/mol. The van der Waals surface area contributed by atoms with Crippen LogP contribution in [-0.2, 0) is 22.4 Å². The molecule has 1 rings (SSSR count). The van der Waals surface area contributed by atoms with Crippen molar-refractivity contribution < 1.29 is 27.5 Å². The van der Waals surface area contributed by atoms with Gasteiger partial charge in [-0.15, -0.1) is 0 Å². The maximum atomic E-state index is 10.1. The van der Waals surface area contributed by atoms with Crippen LogP contribution in [0.2, 0.25) is 78.6 Å². The second-order valence-electron chi connectivity index (χ2n) is 11.5. The molecule has 0 aromatic rings. The molecule has 6 nitrogen and oxygen atoms in total. The van der Waals surface area contributed by atoms with Crippen molar-refractivity contribution in [3.63, 3.8) is 0 Å². The Morgan fingerprint density at radius 3 is 1.29 bits per heavy atom. The Morgan fingerprint density at radius 2 is 0.929 bits per heavy atom. The molecule has 1 fully saturated rings. The zero-order valence-electron chi connectivity index (χ0n) is 20.1. The first-order valence-corrected chi connectivity index (χ1v) is 23.9. The molecule has 1 saturated heterocycles. The van der Waals surface area contributed by atoms with Crippen molar-refractivity contribution in [2.75, 3.05) is 6.61 Å². The molecule has 0 amide bonds. The lowest BCUT2D eigenvalue weighted by atomic mass is 9.99. The average Bonchev–Trinajstić information content (AvgIpc) is 2.39. The van der Waals surface area contributed by atoms with Crippen molar-refractivity contribution in [3.05, 3.63) is 0 Å². The van der Waals surface area contributed by atoms with Crippen LogP contribution in [0.1, 0.15) is 0 Å². The Bertz CT molecular complexity index is 492. The van der Waals surface area contributed by atoms with Crippen molar-refractivity contribution in [1.29, 1.82) is 0 Å². The molecule has 168 valence electrons. The number of rotatable bonds is 9. The largest absolute Gasteiger partial charge is 0.409 e. The maximum Gasteiger partial charge on any atom is 0.187 e. The number of ether oxygens (including phenoxy) is 1. The van der Waals surface area contributed by atoms with Gasteiger partial charge in [-0.3, -0.25) is 0 Å². The summed E-state index contributed by atoms with van der Waals surface area (Å²) in [4.78, 5) is 0. The van der Waals surface area contributed by atoms with E-state index in [1.54, 1.807) is 0 Å². The quantitative estimate of drug-likeness (QED) is 0.511. The number of aliphatic hydroxyl groups excluding tert-OH is 1. The van der Waals surface area contributed by atoms with Gasteiger partial charge in [-0.25, -0.2) is 0 Å². The third kappa shape index (κ3) is 9.62. The van der Waals surface area contributed by atoms with Crippen LogP contribution in [0.3, 0.4) is 0 Å². The van der Waals surface area contributed by atoms with Crippen LogP contribution in [0.5, 0.6) is 0 Å². The molecule has 0 radical (unpaired) electrons. The van der Waals surface area contributed by atoms with Gasteiger partial charge in [0.15, 0.2) is 39.6 Å². The summed E-state index contributed by atoms with van der Waals surface area (Å²) in [7, 11) is -7.65. The summed E-state index contributed by atoms with van der Waals surface area (Å²) >= 11 is 0. The molecule has 0 aromatic heterocycles. The van der Waals surface area contributed by atoms with Gasteiger partial charge in [0.1, 0.15) is 24.4 Å². The van der Waals surface area contributed by atoms with Gasteiger partial charge in [-0.1, -0.05) is 0 Å². The monoisotopic (exact) mass is 468 g/mol. The van der Waals surface area contributed by atoms with Crippen LogP contribution in [0.15, 0.2) is 0 Å². The Kier molecular flexibility index (Phi) is 8.96. The van der Waals surface area contributed by atoms with Crippen molar-refractivity contribution in [1.82, 2.24) is 0 Å². The Balaban J connectivity index is 3.40. The van der Waals surface area contributed by atoms with E-state index in [-0.39, 0.29) is 24.9 Å². The summed E-state index contributed by atoms with van der Waals surface area (Å²) in [6.07, 6.45) is -2.10. The highest BCUT2D eigenvalue weighted by molar-refractivity contribution is 6.71. The first-order chi connectivity index (χ1) is 12.3. The summed E-state index contributed by atoms with van der Waals surface area (Å²) in [6, 6.07) is 0. The molecule has 0 spiro atoms. The van der Waals surface area contributed by atoms with E-state index in [0.29, 0.717) is 0 Å². The van der Waals surface area contributed by atoms with Gasteiger partial charge in [0.25, 0.3) is 0 Å². The van der Waals surface area contributed by atoms with Gasteiger partial charge < -0.3 is 27.5 Å². The molecule has 0 bridgehead atoms. The fourth-order valence-electron chi connectivity index (χ4n) is 3.10. The van der Waals surface area contributed by atoms with Crippen LogP contribution >= 0.6 is 0 Å². The highest BCUT2D eigenvalue weighted by Crippen LogP contribution is 2.34. The molecule has 0 aliphatic carbocycles. The molecule has 1 heterocycles.